The van der Waals surface area contributed by atoms with Crippen molar-refractivity contribution < 1.29 is 9.53 Å². The minimum Gasteiger partial charge on any atom is -0.444 e. The fourth-order valence-corrected chi connectivity index (χ4v) is 1.20. The molecule has 72 valence electrons. The lowest BCUT2D eigenvalue weighted by atomic mass is 10.1. The van der Waals surface area contributed by atoms with Crippen molar-refractivity contribution in [3.8, 4) is 6.07 Å². The lowest BCUT2D eigenvalue weighted by Gasteiger charge is -2.12. The van der Waals surface area contributed by atoms with Gasteiger partial charge < -0.3 is 4.74 Å². The monoisotopic (exact) mass is 209 g/mol. The van der Waals surface area contributed by atoms with Crippen LogP contribution >= 0.6 is 11.6 Å². The fraction of sp³-hybridized carbons (Fsp3) is 0.200. The summed E-state index contributed by atoms with van der Waals surface area (Å²) >= 11 is 5.09. The molecule has 0 aliphatic carbocycles. The smallest absolute Gasteiger partial charge is 0.404 e. The Morgan fingerprint density at radius 2 is 2.14 bits per heavy atom. The Labute approximate surface area is 86.9 Å². The normalized spacial score (nSPS) is 11.4. The summed E-state index contributed by atoms with van der Waals surface area (Å²) in [5, 5.41) is 8.53. The SMILES string of the molecule is N#CCC(OC(=O)Cl)c1ccccc1. The van der Waals surface area contributed by atoms with Gasteiger partial charge in [0.25, 0.3) is 0 Å². The van der Waals surface area contributed by atoms with Crippen LogP contribution in [0.4, 0.5) is 4.79 Å². The number of benzene rings is 1. The predicted octanol–water partition coefficient (Wildman–Crippen LogP) is 3.02. The largest absolute Gasteiger partial charge is 0.444 e. The number of ether oxygens (including phenoxy) is 1. The first-order valence-corrected chi connectivity index (χ1v) is 4.40. The molecule has 0 spiro atoms. The summed E-state index contributed by atoms with van der Waals surface area (Å²) in [4.78, 5) is 10.5. The molecule has 1 aromatic rings. The summed E-state index contributed by atoms with van der Waals surface area (Å²) in [7, 11) is 0. The minimum absolute atomic E-state index is 0.0997. The number of hydrogen-bond acceptors (Lipinski definition) is 3. The maximum absolute atomic E-state index is 10.5. The van der Waals surface area contributed by atoms with Gasteiger partial charge in [0.05, 0.1) is 12.5 Å². The van der Waals surface area contributed by atoms with Gasteiger partial charge in [0, 0.05) is 11.6 Å². The molecule has 1 atom stereocenters. The van der Waals surface area contributed by atoms with E-state index in [4.69, 9.17) is 21.6 Å². The highest BCUT2D eigenvalue weighted by molar-refractivity contribution is 6.61. The van der Waals surface area contributed by atoms with Gasteiger partial charge in [-0.25, -0.2) is 4.79 Å². The zero-order valence-corrected chi connectivity index (χ0v) is 8.07. The van der Waals surface area contributed by atoms with Crippen molar-refractivity contribution in [2.24, 2.45) is 0 Å². The number of nitrogens with zero attached hydrogens (tertiary/aromatic N) is 1. The molecule has 1 aromatic carbocycles. The third-order valence-electron chi connectivity index (χ3n) is 1.68. The van der Waals surface area contributed by atoms with E-state index >= 15 is 0 Å². The second kappa shape index (κ2) is 5.25. The molecule has 1 rings (SSSR count). The molecular formula is C10H8ClNO2. The second-order valence-electron chi connectivity index (χ2n) is 2.62. The van der Waals surface area contributed by atoms with Crippen LogP contribution in [0.2, 0.25) is 0 Å². The molecule has 0 fully saturated rings. The van der Waals surface area contributed by atoms with Crippen LogP contribution in [-0.2, 0) is 4.74 Å². The molecule has 0 amide bonds. The van der Waals surface area contributed by atoms with Crippen LogP contribution in [-0.4, -0.2) is 5.43 Å². The lowest BCUT2D eigenvalue weighted by molar-refractivity contribution is 0.124. The highest BCUT2D eigenvalue weighted by Gasteiger charge is 2.14. The van der Waals surface area contributed by atoms with Crippen LogP contribution in [0, 0.1) is 11.3 Å². The van der Waals surface area contributed by atoms with E-state index in [-0.39, 0.29) is 6.42 Å². The Kier molecular flexibility index (Phi) is 3.96. The van der Waals surface area contributed by atoms with E-state index < -0.39 is 11.5 Å². The van der Waals surface area contributed by atoms with Crippen LogP contribution in [0.5, 0.6) is 0 Å². The topological polar surface area (TPSA) is 50.1 Å². The summed E-state index contributed by atoms with van der Waals surface area (Å²) < 4.78 is 4.78. The Morgan fingerprint density at radius 3 is 2.64 bits per heavy atom. The van der Waals surface area contributed by atoms with Gasteiger partial charge in [-0.15, -0.1) is 0 Å². The van der Waals surface area contributed by atoms with Gasteiger partial charge in [0.2, 0.25) is 0 Å². The first-order valence-electron chi connectivity index (χ1n) is 4.02. The van der Waals surface area contributed by atoms with E-state index in [1.165, 1.54) is 0 Å². The second-order valence-corrected chi connectivity index (χ2v) is 2.93. The van der Waals surface area contributed by atoms with E-state index in [1.54, 1.807) is 12.1 Å². The number of halogens is 1. The molecule has 1 unspecified atom stereocenters. The molecule has 0 aromatic heterocycles. The molecule has 3 nitrogen and oxygen atoms in total. The Hall–Kier alpha value is -1.53. The highest BCUT2D eigenvalue weighted by Crippen LogP contribution is 2.21. The van der Waals surface area contributed by atoms with Gasteiger partial charge in [-0.3, -0.25) is 0 Å². The van der Waals surface area contributed by atoms with Crippen molar-refractivity contribution in [3.05, 3.63) is 35.9 Å². The van der Waals surface area contributed by atoms with Crippen molar-refractivity contribution in [2.75, 3.05) is 0 Å². The molecule has 0 aliphatic rings. The standard InChI is InChI=1S/C10H8ClNO2/c11-10(13)14-9(6-7-12)8-4-2-1-3-5-8/h1-5,9H,6H2. The van der Waals surface area contributed by atoms with Crippen LogP contribution in [0.1, 0.15) is 18.1 Å². The van der Waals surface area contributed by atoms with Crippen molar-refractivity contribution in [1.29, 1.82) is 5.26 Å². The highest BCUT2D eigenvalue weighted by atomic mass is 35.5. The van der Waals surface area contributed by atoms with Gasteiger partial charge >= 0.3 is 5.43 Å². The molecule has 0 N–H and O–H groups in total. The molecule has 4 heteroatoms. The number of rotatable bonds is 3. The Morgan fingerprint density at radius 1 is 1.50 bits per heavy atom. The molecule has 0 heterocycles. The third-order valence-corrected chi connectivity index (χ3v) is 1.77. The van der Waals surface area contributed by atoms with E-state index in [1.807, 2.05) is 24.3 Å². The van der Waals surface area contributed by atoms with Gasteiger partial charge in [0.1, 0.15) is 6.10 Å². The van der Waals surface area contributed by atoms with Crippen molar-refractivity contribution >= 4 is 17.0 Å². The van der Waals surface area contributed by atoms with Gasteiger partial charge in [-0.2, -0.15) is 5.26 Å². The first-order chi connectivity index (χ1) is 6.74. The minimum atomic E-state index is -0.894. The fourth-order valence-electron chi connectivity index (χ4n) is 1.09. The summed E-state index contributed by atoms with van der Waals surface area (Å²) in [6.07, 6.45) is -0.478. The van der Waals surface area contributed by atoms with Crippen LogP contribution in [0.3, 0.4) is 0 Å². The third kappa shape index (κ3) is 3.08. The van der Waals surface area contributed by atoms with Crippen LogP contribution < -0.4 is 0 Å². The zero-order valence-electron chi connectivity index (χ0n) is 7.31. The summed E-state index contributed by atoms with van der Waals surface area (Å²) in [6.45, 7) is 0. The van der Waals surface area contributed by atoms with E-state index in [0.717, 1.165) is 5.56 Å². The first kappa shape index (κ1) is 10.6. The number of nitriles is 1. The van der Waals surface area contributed by atoms with E-state index in [2.05, 4.69) is 0 Å². The quantitative estimate of drug-likeness (QED) is 0.719. The summed E-state index contributed by atoms with van der Waals surface area (Å²) in [5.41, 5.74) is -0.128. The maximum Gasteiger partial charge on any atom is 0.404 e. The molecule has 14 heavy (non-hydrogen) atoms. The summed E-state index contributed by atoms with van der Waals surface area (Å²) in [5.74, 6) is 0. The Bertz CT molecular complexity index is 345. The molecule has 0 aliphatic heterocycles. The summed E-state index contributed by atoms with van der Waals surface area (Å²) in [6, 6.07) is 11.0. The van der Waals surface area contributed by atoms with Crippen molar-refractivity contribution in [1.82, 2.24) is 0 Å². The predicted molar refractivity (Wildman–Crippen MR) is 51.7 cm³/mol. The van der Waals surface area contributed by atoms with Gasteiger partial charge in [-0.1, -0.05) is 30.3 Å². The number of carbonyl (C=O) groups excluding carboxylic acids is 1. The lowest BCUT2D eigenvalue weighted by Crippen LogP contribution is -2.05. The van der Waals surface area contributed by atoms with Gasteiger partial charge in [0.15, 0.2) is 0 Å². The van der Waals surface area contributed by atoms with Gasteiger partial charge in [-0.05, 0) is 5.56 Å². The van der Waals surface area contributed by atoms with Crippen molar-refractivity contribution in [2.45, 2.75) is 12.5 Å². The molecular weight excluding hydrogens is 202 g/mol. The van der Waals surface area contributed by atoms with Crippen LogP contribution in [0.15, 0.2) is 30.3 Å². The number of carbonyl (C=O) groups is 1. The van der Waals surface area contributed by atoms with E-state index in [9.17, 15) is 4.79 Å². The molecule has 0 saturated heterocycles. The number of hydrogen-bond donors (Lipinski definition) is 0. The Balaban J connectivity index is 2.78. The van der Waals surface area contributed by atoms with Crippen LogP contribution in [0.25, 0.3) is 0 Å². The average molecular weight is 210 g/mol. The molecule has 0 bridgehead atoms. The molecule has 0 radical (unpaired) electrons. The maximum atomic E-state index is 10.5. The van der Waals surface area contributed by atoms with E-state index in [0.29, 0.717) is 0 Å². The average Bonchev–Trinajstić information content (AvgIpc) is 2.18. The zero-order chi connectivity index (χ0) is 10.4. The van der Waals surface area contributed by atoms with Crippen molar-refractivity contribution in [3.63, 3.8) is 0 Å². The molecule has 0 saturated carbocycles.